The molecule has 0 fully saturated rings. The predicted molar refractivity (Wildman–Crippen MR) is 88.1 cm³/mol. The van der Waals surface area contributed by atoms with Crippen molar-refractivity contribution < 1.29 is 0 Å². The lowest BCUT2D eigenvalue weighted by Crippen LogP contribution is -2.09. The number of alkyl halides is 1. The zero-order chi connectivity index (χ0) is 14.2. The molecule has 0 radical (unpaired) electrons. The Morgan fingerprint density at radius 2 is 2.00 bits per heavy atom. The summed E-state index contributed by atoms with van der Waals surface area (Å²) >= 11 is 3.60. The Kier molecular flexibility index (Phi) is 3.26. The van der Waals surface area contributed by atoms with E-state index in [1.165, 1.54) is 35.2 Å². The van der Waals surface area contributed by atoms with Crippen LogP contribution in [0.2, 0.25) is 0 Å². The van der Waals surface area contributed by atoms with E-state index in [9.17, 15) is 0 Å². The minimum Gasteiger partial charge on any atom is -0.287 e. The number of imidazole rings is 1. The van der Waals surface area contributed by atoms with E-state index >= 15 is 0 Å². The zero-order valence-corrected chi connectivity index (χ0v) is 13.3. The molecule has 21 heavy (non-hydrogen) atoms. The number of para-hydroxylation sites is 1. The number of aromatic nitrogens is 3. The fourth-order valence-corrected chi connectivity index (χ4v) is 3.52. The highest BCUT2D eigenvalue weighted by Gasteiger charge is 2.18. The third kappa shape index (κ3) is 2.18. The van der Waals surface area contributed by atoms with Crippen molar-refractivity contribution in [3.05, 3.63) is 53.6 Å². The molecule has 4 rings (SSSR count). The fraction of sp³-hybridized carbons (Fsp3) is 0.294. The molecular formula is C17H16BrN3. The monoisotopic (exact) mass is 341 g/mol. The lowest BCUT2D eigenvalue weighted by molar-refractivity contribution is 0.654. The maximum Gasteiger partial charge on any atom is 0.142 e. The molecule has 1 aliphatic carbocycles. The van der Waals surface area contributed by atoms with Crippen molar-refractivity contribution in [3.8, 4) is 5.82 Å². The molecule has 0 N–H and O–H groups in total. The van der Waals surface area contributed by atoms with Crippen molar-refractivity contribution in [1.82, 2.24) is 14.5 Å². The van der Waals surface area contributed by atoms with Crippen LogP contribution >= 0.6 is 15.9 Å². The molecule has 0 atom stereocenters. The van der Waals surface area contributed by atoms with Gasteiger partial charge in [-0.05, 0) is 37.8 Å². The normalized spacial score (nSPS) is 14.3. The SMILES string of the molecule is BrCc1cc2ccccc2nc1-n1cnc2c1CCCC2. The number of halogens is 1. The van der Waals surface area contributed by atoms with Crippen LogP contribution in [0, 0.1) is 0 Å². The summed E-state index contributed by atoms with van der Waals surface area (Å²) in [5.41, 5.74) is 4.83. The molecule has 4 heteroatoms. The third-order valence-corrected chi connectivity index (χ3v) is 4.79. The first-order valence-electron chi connectivity index (χ1n) is 7.37. The second kappa shape index (κ2) is 5.26. The standard InChI is InChI=1S/C17H16BrN3/c18-10-13-9-12-5-1-2-6-14(12)20-17(13)21-11-19-15-7-3-4-8-16(15)21/h1-2,5-6,9,11H,3-4,7-8,10H2. The Bertz CT molecular complexity index is 807. The molecule has 106 valence electrons. The van der Waals surface area contributed by atoms with Crippen LogP contribution in [0.5, 0.6) is 0 Å². The topological polar surface area (TPSA) is 30.7 Å². The van der Waals surface area contributed by atoms with Crippen molar-refractivity contribution in [2.75, 3.05) is 0 Å². The molecular weight excluding hydrogens is 326 g/mol. The average molecular weight is 342 g/mol. The minimum absolute atomic E-state index is 0.799. The van der Waals surface area contributed by atoms with E-state index in [1.54, 1.807) is 0 Å². The van der Waals surface area contributed by atoms with Crippen LogP contribution in [0.3, 0.4) is 0 Å². The molecule has 1 aliphatic rings. The Labute approximate surface area is 132 Å². The van der Waals surface area contributed by atoms with Gasteiger partial charge in [-0.2, -0.15) is 0 Å². The van der Waals surface area contributed by atoms with Gasteiger partial charge in [-0.25, -0.2) is 9.97 Å². The number of benzene rings is 1. The maximum absolute atomic E-state index is 4.89. The van der Waals surface area contributed by atoms with E-state index in [0.29, 0.717) is 0 Å². The summed E-state index contributed by atoms with van der Waals surface area (Å²) in [6, 6.07) is 10.5. The molecule has 0 bridgehead atoms. The van der Waals surface area contributed by atoms with Crippen molar-refractivity contribution in [3.63, 3.8) is 0 Å². The van der Waals surface area contributed by atoms with Gasteiger partial charge in [0.15, 0.2) is 0 Å². The number of hydrogen-bond donors (Lipinski definition) is 0. The van der Waals surface area contributed by atoms with Gasteiger partial charge in [-0.1, -0.05) is 34.1 Å². The molecule has 2 heterocycles. The van der Waals surface area contributed by atoms with Crippen LogP contribution in [0.1, 0.15) is 29.8 Å². The number of fused-ring (bicyclic) bond motifs is 2. The molecule has 0 spiro atoms. The van der Waals surface area contributed by atoms with Crippen LogP contribution in [-0.4, -0.2) is 14.5 Å². The molecule has 3 nitrogen and oxygen atoms in total. The molecule has 3 aromatic rings. The molecule has 0 aliphatic heterocycles. The van der Waals surface area contributed by atoms with Crippen molar-refractivity contribution in [2.24, 2.45) is 0 Å². The van der Waals surface area contributed by atoms with E-state index < -0.39 is 0 Å². The second-order valence-electron chi connectivity index (χ2n) is 5.51. The van der Waals surface area contributed by atoms with Crippen LogP contribution in [-0.2, 0) is 18.2 Å². The lowest BCUT2D eigenvalue weighted by Gasteiger charge is -2.16. The third-order valence-electron chi connectivity index (χ3n) is 4.18. The van der Waals surface area contributed by atoms with Crippen molar-refractivity contribution in [2.45, 2.75) is 31.0 Å². The lowest BCUT2D eigenvalue weighted by atomic mass is 10.0. The summed E-state index contributed by atoms with van der Waals surface area (Å²) in [7, 11) is 0. The largest absolute Gasteiger partial charge is 0.287 e. The molecule has 0 saturated carbocycles. The van der Waals surface area contributed by atoms with Crippen molar-refractivity contribution in [1.29, 1.82) is 0 Å². The smallest absolute Gasteiger partial charge is 0.142 e. The first kappa shape index (κ1) is 13.0. The van der Waals surface area contributed by atoms with E-state index in [2.05, 4.69) is 49.7 Å². The molecule has 0 saturated heterocycles. The summed E-state index contributed by atoms with van der Waals surface area (Å²) in [5.74, 6) is 1.02. The van der Waals surface area contributed by atoms with Crippen molar-refractivity contribution >= 4 is 26.8 Å². The summed E-state index contributed by atoms with van der Waals surface area (Å²) in [4.78, 5) is 9.49. The van der Waals surface area contributed by atoms with Gasteiger partial charge in [0.05, 0.1) is 11.2 Å². The summed E-state index contributed by atoms with van der Waals surface area (Å²) in [5, 5.41) is 1.98. The van der Waals surface area contributed by atoms with E-state index in [1.807, 2.05) is 12.4 Å². The van der Waals surface area contributed by atoms with Crippen LogP contribution < -0.4 is 0 Å². The van der Waals surface area contributed by atoms with Gasteiger partial charge in [0, 0.05) is 22.0 Å². The van der Waals surface area contributed by atoms with Gasteiger partial charge in [0.1, 0.15) is 12.1 Å². The zero-order valence-electron chi connectivity index (χ0n) is 11.7. The Morgan fingerprint density at radius 1 is 1.14 bits per heavy atom. The Morgan fingerprint density at radius 3 is 2.90 bits per heavy atom. The van der Waals surface area contributed by atoms with Gasteiger partial charge in [-0.3, -0.25) is 4.57 Å². The number of aryl methyl sites for hydroxylation is 1. The number of nitrogens with zero attached hydrogens (tertiary/aromatic N) is 3. The summed E-state index contributed by atoms with van der Waals surface area (Å²) in [6.07, 6.45) is 6.64. The molecule has 0 unspecified atom stereocenters. The van der Waals surface area contributed by atoms with E-state index in [4.69, 9.17) is 4.98 Å². The van der Waals surface area contributed by atoms with Gasteiger partial charge >= 0.3 is 0 Å². The summed E-state index contributed by atoms with van der Waals surface area (Å²) in [6.45, 7) is 0. The van der Waals surface area contributed by atoms with Gasteiger partial charge < -0.3 is 0 Å². The fourth-order valence-electron chi connectivity index (χ4n) is 3.11. The number of pyridine rings is 1. The van der Waals surface area contributed by atoms with Crippen LogP contribution in [0.15, 0.2) is 36.7 Å². The number of rotatable bonds is 2. The predicted octanol–water partition coefficient (Wildman–Crippen LogP) is 4.19. The molecule has 1 aromatic carbocycles. The average Bonchev–Trinajstić information content (AvgIpc) is 2.97. The maximum atomic E-state index is 4.89. The highest BCUT2D eigenvalue weighted by Crippen LogP contribution is 2.27. The number of hydrogen-bond acceptors (Lipinski definition) is 2. The molecule has 2 aromatic heterocycles. The van der Waals surface area contributed by atoms with E-state index in [-0.39, 0.29) is 0 Å². The Balaban J connectivity index is 1.94. The Hall–Kier alpha value is -1.68. The molecule has 0 amide bonds. The van der Waals surface area contributed by atoms with Gasteiger partial charge in [-0.15, -0.1) is 0 Å². The van der Waals surface area contributed by atoms with Crippen LogP contribution in [0.4, 0.5) is 0 Å². The highest BCUT2D eigenvalue weighted by molar-refractivity contribution is 9.08. The van der Waals surface area contributed by atoms with Crippen LogP contribution in [0.25, 0.3) is 16.7 Å². The highest BCUT2D eigenvalue weighted by atomic mass is 79.9. The first-order valence-corrected chi connectivity index (χ1v) is 8.49. The second-order valence-corrected chi connectivity index (χ2v) is 6.07. The quantitative estimate of drug-likeness (QED) is 0.654. The van der Waals surface area contributed by atoms with Gasteiger partial charge in [0.2, 0.25) is 0 Å². The summed E-state index contributed by atoms with van der Waals surface area (Å²) < 4.78 is 2.19. The van der Waals surface area contributed by atoms with E-state index in [0.717, 1.165) is 29.5 Å². The minimum atomic E-state index is 0.799. The van der Waals surface area contributed by atoms with Gasteiger partial charge in [0.25, 0.3) is 0 Å². The first-order chi connectivity index (χ1) is 10.4.